The molecular formula is C20H26FNO2. The van der Waals surface area contributed by atoms with Gasteiger partial charge in [-0.2, -0.15) is 0 Å². The molecule has 0 aliphatic rings. The van der Waals surface area contributed by atoms with Crippen molar-refractivity contribution in [1.29, 1.82) is 0 Å². The lowest BCUT2D eigenvalue weighted by atomic mass is 9.99. The van der Waals surface area contributed by atoms with Crippen LogP contribution in [-0.4, -0.2) is 26.0 Å². The van der Waals surface area contributed by atoms with Crippen LogP contribution in [0.4, 0.5) is 4.39 Å². The molecule has 0 unspecified atom stereocenters. The number of hydrogen-bond acceptors (Lipinski definition) is 3. The second-order valence-corrected chi connectivity index (χ2v) is 5.54. The molecule has 0 bridgehead atoms. The highest BCUT2D eigenvalue weighted by Crippen LogP contribution is 2.19. The Balaban J connectivity index is 2.06. The second-order valence-electron chi connectivity index (χ2n) is 5.54. The molecule has 0 fully saturated rings. The Bertz CT molecular complexity index is 568. The molecule has 0 saturated carbocycles. The Morgan fingerprint density at radius 3 is 2.12 bits per heavy atom. The minimum absolute atomic E-state index is 0.111. The quantitative estimate of drug-likeness (QED) is 0.665. The van der Waals surface area contributed by atoms with Gasteiger partial charge in [0.1, 0.15) is 5.82 Å². The van der Waals surface area contributed by atoms with Gasteiger partial charge in [-0.3, -0.25) is 0 Å². The maximum atomic E-state index is 13.1. The van der Waals surface area contributed by atoms with Crippen molar-refractivity contribution in [2.75, 3.05) is 19.8 Å². The SMILES string of the molecule is CCOC(CN[C@@H](Cc1ccc(F)cc1)c1ccccc1)OCC. The molecule has 0 aliphatic heterocycles. The molecule has 2 aromatic rings. The summed E-state index contributed by atoms with van der Waals surface area (Å²) in [6, 6.07) is 17.0. The van der Waals surface area contributed by atoms with E-state index >= 15 is 0 Å². The summed E-state index contributed by atoms with van der Waals surface area (Å²) in [6.45, 7) is 5.74. The fourth-order valence-corrected chi connectivity index (χ4v) is 2.63. The Morgan fingerprint density at radius 2 is 1.54 bits per heavy atom. The smallest absolute Gasteiger partial charge is 0.169 e. The standard InChI is InChI=1S/C20H26FNO2/c1-3-23-20(24-4-2)15-22-19(17-8-6-5-7-9-17)14-16-10-12-18(21)13-11-16/h5-13,19-20,22H,3-4,14-15H2,1-2H3/t19-/m0/s1. The zero-order valence-corrected chi connectivity index (χ0v) is 14.4. The van der Waals surface area contributed by atoms with Crippen LogP contribution in [0.1, 0.15) is 31.0 Å². The van der Waals surface area contributed by atoms with Gasteiger partial charge < -0.3 is 14.8 Å². The lowest BCUT2D eigenvalue weighted by Crippen LogP contribution is -2.35. The molecule has 0 radical (unpaired) electrons. The van der Waals surface area contributed by atoms with Crippen LogP contribution >= 0.6 is 0 Å². The summed E-state index contributed by atoms with van der Waals surface area (Å²) in [5.74, 6) is -0.212. The first-order valence-corrected chi connectivity index (χ1v) is 8.48. The molecule has 4 heteroatoms. The zero-order chi connectivity index (χ0) is 17.2. The maximum absolute atomic E-state index is 13.1. The first-order chi connectivity index (χ1) is 11.7. The topological polar surface area (TPSA) is 30.5 Å². The van der Waals surface area contributed by atoms with Crippen molar-refractivity contribution in [3.63, 3.8) is 0 Å². The minimum atomic E-state index is -0.264. The fraction of sp³-hybridized carbons (Fsp3) is 0.400. The van der Waals surface area contributed by atoms with E-state index in [4.69, 9.17) is 9.47 Å². The summed E-state index contributed by atoms with van der Waals surface area (Å²) >= 11 is 0. The summed E-state index contributed by atoms with van der Waals surface area (Å²) in [7, 11) is 0. The Kier molecular flexibility index (Phi) is 7.89. The first kappa shape index (κ1) is 18.6. The molecule has 3 nitrogen and oxygen atoms in total. The lowest BCUT2D eigenvalue weighted by Gasteiger charge is -2.23. The molecule has 0 amide bonds. The van der Waals surface area contributed by atoms with Crippen molar-refractivity contribution in [2.24, 2.45) is 0 Å². The van der Waals surface area contributed by atoms with Gasteiger partial charge in [-0.1, -0.05) is 42.5 Å². The molecule has 2 rings (SSSR count). The van der Waals surface area contributed by atoms with Crippen molar-refractivity contribution < 1.29 is 13.9 Å². The molecule has 0 aromatic heterocycles. The van der Waals surface area contributed by atoms with Crippen LogP contribution < -0.4 is 5.32 Å². The van der Waals surface area contributed by atoms with Gasteiger partial charge in [0.05, 0.1) is 0 Å². The van der Waals surface area contributed by atoms with Gasteiger partial charge in [0.15, 0.2) is 6.29 Å². The van der Waals surface area contributed by atoms with E-state index in [0.29, 0.717) is 19.8 Å². The summed E-state index contributed by atoms with van der Waals surface area (Å²) in [4.78, 5) is 0. The van der Waals surface area contributed by atoms with Crippen LogP contribution in [0, 0.1) is 5.82 Å². The predicted octanol–water partition coefficient (Wildman–Crippen LogP) is 4.10. The number of rotatable bonds is 10. The highest BCUT2D eigenvalue weighted by Gasteiger charge is 2.15. The number of halogens is 1. The van der Waals surface area contributed by atoms with E-state index in [9.17, 15) is 4.39 Å². The normalized spacial score (nSPS) is 12.5. The molecule has 1 atom stereocenters. The van der Waals surface area contributed by atoms with Crippen LogP contribution in [0.3, 0.4) is 0 Å². The fourth-order valence-electron chi connectivity index (χ4n) is 2.63. The number of nitrogens with one attached hydrogen (secondary N) is 1. The monoisotopic (exact) mass is 331 g/mol. The van der Waals surface area contributed by atoms with Crippen LogP contribution in [-0.2, 0) is 15.9 Å². The average molecular weight is 331 g/mol. The van der Waals surface area contributed by atoms with Gasteiger partial charge in [0.2, 0.25) is 0 Å². The van der Waals surface area contributed by atoms with E-state index in [1.807, 2.05) is 44.2 Å². The van der Waals surface area contributed by atoms with Crippen LogP contribution in [0.25, 0.3) is 0 Å². The zero-order valence-electron chi connectivity index (χ0n) is 14.4. The number of ether oxygens (including phenoxy) is 2. The van der Waals surface area contributed by atoms with E-state index in [1.165, 1.54) is 17.7 Å². The Morgan fingerprint density at radius 1 is 0.917 bits per heavy atom. The summed E-state index contributed by atoms with van der Waals surface area (Å²) in [5, 5.41) is 3.53. The van der Waals surface area contributed by atoms with Gasteiger partial charge in [0, 0.05) is 25.8 Å². The van der Waals surface area contributed by atoms with E-state index in [2.05, 4.69) is 17.4 Å². The minimum Gasteiger partial charge on any atom is -0.352 e. The first-order valence-electron chi connectivity index (χ1n) is 8.48. The van der Waals surface area contributed by atoms with E-state index < -0.39 is 0 Å². The molecule has 0 aliphatic carbocycles. The van der Waals surface area contributed by atoms with Crippen LogP contribution in [0.2, 0.25) is 0 Å². The third-order valence-electron chi connectivity index (χ3n) is 3.79. The molecule has 130 valence electrons. The summed E-state index contributed by atoms with van der Waals surface area (Å²) < 4.78 is 24.3. The molecule has 0 saturated heterocycles. The third-order valence-corrected chi connectivity index (χ3v) is 3.79. The van der Waals surface area contributed by atoms with Gasteiger partial charge in [-0.15, -0.1) is 0 Å². The van der Waals surface area contributed by atoms with E-state index in [0.717, 1.165) is 12.0 Å². The molecular weight excluding hydrogens is 305 g/mol. The van der Waals surface area contributed by atoms with Gasteiger partial charge in [-0.05, 0) is 43.5 Å². The second kappa shape index (κ2) is 10.2. The molecule has 1 N–H and O–H groups in total. The van der Waals surface area contributed by atoms with E-state index in [1.54, 1.807) is 0 Å². The average Bonchev–Trinajstić information content (AvgIpc) is 2.61. The van der Waals surface area contributed by atoms with Crippen molar-refractivity contribution in [2.45, 2.75) is 32.6 Å². The number of benzene rings is 2. The highest BCUT2D eigenvalue weighted by atomic mass is 19.1. The van der Waals surface area contributed by atoms with Gasteiger partial charge in [-0.25, -0.2) is 4.39 Å². The van der Waals surface area contributed by atoms with Gasteiger partial charge >= 0.3 is 0 Å². The van der Waals surface area contributed by atoms with Gasteiger partial charge in [0.25, 0.3) is 0 Å². The Hall–Kier alpha value is -1.75. The molecule has 0 spiro atoms. The lowest BCUT2D eigenvalue weighted by molar-refractivity contribution is -0.133. The summed E-state index contributed by atoms with van der Waals surface area (Å²) in [6.07, 6.45) is 0.509. The van der Waals surface area contributed by atoms with Crippen LogP contribution in [0.5, 0.6) is 0 Å². The largest absolute Gasteiger partial charge is 0.352 e. The summed E-state index contributed by atoms with van der Waals surface area (Å²) in [5.41, 5.74) is 2.27. The highest BCUT2D eigenvalue weighted by molar-refractivity contribution is 5.24. The maximum Gasteiger partial charge on any atom is 0.169 e. The van der Waals surface area contributed by atoms with Crippen molar-refractivity contribution >= 4 is 0 Å². The number of hydrogen-bond donors (Lipinski definition) is 1. The Labute approximate surface area is 143 Å². The van der Waals surface area contributed by atoms with Crippen molar-refractivity contribution in [3.05, 3.63) is 71.5 Å². The molecule has 0 heterocycles. The third kappa shape index (κ3) is 6.04. The van der Waals surface area contributed by atoms with Crippen LogP contribution in [0.15, 0.2) is 54.6 Å². The molecule has 2 aromatic carbocycles. The predicted molar refractivity (Wildman–Crippen MR) is 94.3 cm³/mol. The van der Waals surface area contributed by atoms with Crippen molar-refractivity contribution in [1.82, 2.24) is 5.32 Å². The van der Waals surface area contributed by atoms with Crippen molar-refractivity contribution in [3.8, 4) is 0 Å². The molecule has 24 heavy (non-hydrogen) atoms. The van der Waals surface area contributed by atoms with E-state index in [-0.39, 0.29) is 18.1 Å².